The number of nitro groups is 1. The van der Waals surface area contributed by atoms with E-state index in [1.165, 1.54) is 22.9 Å². The average Bonchev–Trinajstić information content (AvgIpc) is 3.16. The predicted molar refractivity (Wildman–Crippen MR) is 103 cm³/mol. The Morgan fingerprint density at radius 2 is 2.07 bits per heavy atom. The molecular weight excluding hydrogens is 408 g/mol. The Labute approximate surface area is 168 Å². The van der Waals surface area contributed by atoms with E-state index in [-0.39, 0.29) is 28.1 Å². The quantitative estimate of drug-likeness (QED) is 0.351. The molecule has 0 unspecified atom stereocenters. The first kappa shape index (κ1) is 19.6. The summed E-state index contributed by atoms with van der Waals surface area (Å²) in [5.74, 6) is 0.334. The Balaban J connectivity index is 1.65. The number of thioether (sulfide) groups is 1. The molecule has 0 radical (unpaired) electrons. The molecule has 1 amide bonds. The fourth-order valence-corrected chi connectivity index (χ4v) is 3.09. The first-order chi connectivity index (χ1) is 13.5. The fourth-order valence-electron chi connectivity index (χ4n) is 2.21. The Bertz CT molecular complexity index is 1010. The van der Waals surface area contributed by atoms with Gasteiger partial charge in [-0.3, -0.25) is 14.9 Å². The van der Waals surface area contributed by atoms with Gasteiger partial charge in [-0.05, 0) is 46.8 Å². The number of nitro benzene ring substituents is 1. The molecule has 0 atom stereocenters. The van der Waals surface area contributed by atoms with Crippen LogP contribution >= 0.6 is 23.4 Å². The molecule has 0 spiro atoms. The summed E-state index contributed by atoms with van der Waals surface area (Å²) in [6, 6.07) is 11.1. The fraction of sp³-hybridized carbons (Fsp3) is 0.125. The molecule has 10 nitrogen and oxygen atoms in total. The number of methoxy groups -OCH3 is 1. The molecule has 144 valence electrons. The van der Waals surface area contributed by atoms with Gasteiger partial charge < -0.3 is 10.1 Å². The number of aromatic nitrogens is 4. The van der Waals surface area contributed by atoms with Gasteiger partial charge in [-0.15, -0.1) is 5.10 Å². The first-order valence-corrected chi connectivity index (χ1v) is 9.13. The molecular formula is C16H13ClN6O4S. The van der Waals surface area contributed by atoms with Crippen LogP contribution in [0.25, 0.3) is 5.69 Å². The zero-order valence-electron chi connectivity index (χ0n) is 14.4. The van der Waals surface area contributed by atoms with E-state index in [2.05, 4.69) is 20.8 Å². The van der Waals surface area contributed by atoms with E-state index >= 15 is 0 Å². The van der Waals surface area contributed by atoms with Gasteiger partial charge in [0.15, 0.2) is 0 Å². The van der Waals surface area contributed by atoms with Crippen molar-refractivity contribution in [2.45, 2.75) is 5.16 Å². The summed E-state index contributed by atoms with van der Waals surface area (Å²) in [5, 5.41) is 25.4. The molecule has 0 aliphatic rings. The second kappa shape index (κ2) is 8.67. The summed E-state index contributed by atoms with van der Waals surface area (Å²) in [7, 11) is 1.57. The van der Waals surface area contributed by atoms with E-state index in [0.29, 0.717) is 16.6 Å². The van der Waals surface area contributed by atoms with Crippen LogP contribution in [0.5, 0.6) is 5.75 Å². The van der Waals surface area contributed by atoms with Crippen LogP contribution in [0.3, 0.4) is 0 Å². The van der Waals surface area contributed by atoms with Gasteiger partial charge >= 0.3 is 0 Å². The molecule has 0 saturated heterocycles. The number of tetrazole rings is 1. The minimum Gasteiger partial charge on any atom is -0.497 e. The van der Waals surface area contributed by atoms with Crippen LogP contribution in [0, 0.1) is 10.1 Å². The lowest BCUT2D eigenvalue weighted by molar-refractivity contribution is -0.384. The van der Waals surface area contributed by atoms with Crippen molar-refractivity contribution in [1.82, 2.24) is 20.2 Å². The van der Waals surface area contributed by atoms with E-state index in [1.807, 2.05) is 0 Å². The molecule has 3 aromatic rings. The second-order valence-corrected chi connectivity index (χ2v) is 6.68. The molecule has 28 heavy (non-hydrogen) atoms. The SMILES string of the molecule is COc1ccc(-n2nnnc2SCC(=O)Nc2ccc(Cl)c([N+](=O)[O-])c2)cc1. The van der Waals surface area contributed by atoms with E-state index in [0.717, 1.165) is 11.8 Å². The van der Waals surface area contributed by atoms with Crippen molar-refractivity contribution in [2.24, 2.45) is 0 Å². The number of hydrogen-bond donors (Lipinski definition) is 1. The zero-order chi connectivity index (χ0) is 20.1. The molecule has 1 N–H and O–H groups in total. The van der Waals surface area contributed by atoms with Crippen LogP contribution in [0.15, 0.2) is 47.6 Å². The smallest absolute Gasteiger partial charge is 0.289 e. The molecule has 1 aromatic heterocycles. The van der Waals surface area contributed by atoms with Crippen molar-refractivity contribution in [3.05, 3.63) is 57.6 Å². The minimum atomic E-state index is -0.615. The molecule has 0 aliphatic heterocycles. The van der Waals surface area contributed by atoms with Crippen LogP contribution in [0.4, 0.5) is 11.4 Å². The molecule has 0 aliphatic carbocycles. The van der Waals surface area contributed by atoms with Gasteiger partial charge in [0.1, 0.15) is 10.8 Å². The lowest BCUT2D eigenvalue weighted by Crippen LogP contribution is -2.14. The summed E-state index contributed by atoms with van der Waals surface area (Å²) in [6.07, 6.45) is 0. The molecule has 1 heterocycles. The zero-order valence-corrected chi connectivity index (χ0v) is 16.0. The van der Waals surface area contributed by atoms with Gasteiger partial charge in [-0.1, -0.05) is 23.4 Å². The largest absolute Gasteiger partial charge is 0.497 e. The lowest BCUT2D eigenvalue weighted by atomic mass is 10.3. The number of ether oxygens (including phenoxy) is 1. The molecule has 12 heteroatoms. The molecule has 0 fully saturated rings. The molecule has 0 bridgehead atoms. The first-order valence-electron chi connectivity index (χ1n) is 7.77. The van der Waals surface area contributed by atoms with E-state index < -0.39 is 4.92 Å². The molecule has 3 rings (SSSR count). The van der Waals surface area contributed by atoms with Crippen LogP contribution in [-0.4, -0.2) is 43.9 Å². The standard InChI is InChI=1S/C16H13ClN6O4S/c1-27-12-5-3-11(4-6-12)22-16(19-20-21-22)28-9-15(24)18-10-2-7-13(17)14(8-10)23(25)26/h2-8H,9H2,1H3,(H,18,24). The van der Waals surface area contributed by atoms with E-state index in [1.54, 1.807) is 31.4 Å². The van der Waals surface area contributed by atoms with Crippen LogP contribution in [0.1, 0.15) is 0 Å². The number of nitrogens with one attached hydrogen (secondary N) is 1. The maximum Gasteiger partial charge on any atom is 0.289 e. The number of carbonyl (C=O) groups is 1. The summed E-state index contributed by atoms with van der Waals surface area (Å²) >= 11 is 6.88. The maximum absolute atomic E-state index is 12.2. The Morgan fingerprint density at radius 1 is 1.32 bits per heavy atom. The van der Waals surface area contributed by atoms with Crippen LogP contribution in [-0.2, 0) is 4.79 Å². The number of nitrogens with zero attached hydrogens (tertiary/aromatic N) is 5. The number of anilines is 1. The monoisotopic (exact) mass is 420 g/mol. The van der Waals surface area contributed by atoms with E-state index in [9.17, 15) is 14.9 Å². The highest BCUT2D eigenvalue weighted by atomic mass is 35.5. The highest BCUT2D eigenvalue weighted by molar-refractivity contribution is 7.99. The maximum atomic E-state index is 12.2. The molecule has 2 aromatic carbocycles. The lowest BCUT2D eigenvalue weighted by Gasteiger charge is -2.07. The third kappa shape index (κ3) is 4.56. The minimum absolute atomic E-state index is 0.00367. The van der Waals surface area contributed by atoms with Crippen molar-refractivity contribution in [3.8, 4) is 11.4 Å². The van der Waals surface area contributed by atoms with Crippen molar-refractivity contribution in [3.63, 3.8) is 0 Å². The van der Waals surface area contributed by atoms with E-state index in [4.69, 9.17) is 16.3 Å². The van der Waals surface area contributed by atoms with Gasteiger partial charge in [-0.25, -0.2) is 0 Å². The van der Waals surface area contributed by atoms with Gasteiger partial charge in [0.05, 0.1) is 23.5 Å². The highest BCUT2D eigenvalue weighted by Gasteiger charge is 2.15. The number of amides is 1. The Hall–Kier alpha value is -3.18. The highest BCUT2D eigenvalue weighted by Crippen LogP contribution is 2.27. The van der Waals surface area contributed by atoms with Crippen molar-refractivity contribution in [2.75, 3.05) is 18.2 Å². The number of benzene rings is 2. The average molecular weight is 421 g/mol. The third-order valence-corrected chi connectivity index (χ3v) is 4.76. The predicted octanol–water partition coefficient (Wildman–Crippen LogP) is 2.96. The van der Waals surface area contributed by atoms with Crippen molar-refractivity contribution >= 4 is 40.6 Å². The summed E-state index contributed by atoms with van der Waals surface area (Å²) < 4.78 is 6.60. The Kier molecular flexibility index (Phi) is 6.06. The van der Waals surface area contributed by atoms with Gasteiger partial charge in [0.2, 0.25) is 11.1 Å². The van der Waals surface area contributed by atoms with Gasteiger partial charge in [0, 0.05) is 11.8 Å². The van der Waals surface area contributed by atoms with Gasteiger partial charge in [-0.2, -0.15) is 4.68 Å². The summed E-state index contributed by atoms with van der Waals surface area (Å²) in [6.45, 7) is 0. The molecule has 0 saturated carbocycles. The third-order valence-electron chi connectivity index (χ3n) is 3.52. The summed E-state index contributed by atoms with van der Waals surface area (Å²) in [5.41, 5.74) is 0.703. The topological polar surface area (TPSA) is 125 Å². The van der Waals surface area contributed by atoms with Crippen LogP contribution in [0.2, 0.25) is 5.02 Å². The second-order valence-electron chi connectivity index (χ2n) is 5.33. The van der Waals surface area contributed by atoms with Crippen molar-refractivity contribution < 1.29 is 14.5 Å². The normalized spacial score (nSPS) is 10.5. The number of rotatable bonds is 7. The number of carbonyl (C=O) groups excluding carboxylic acids is 1. The number of hydrogen-bond acceptors (Lipinski definition) is 8. The van der Waals surface area contributed by atoms with Crippen LogP contribution < -0.4 is 10.1 Å². The number of halogens is 1. The van der Waals surface area contributed by atoms with Crippen molar-refractivity contribution in [1.29, 1.82) is 0 Å². The van der Waals surface area contributed by atoms with Gasteiger partial charge in [0.25, 0.3) is 5.69 Å². The Morgan fingerprint density at radius 3 is 2.75 bits per heavy atom. The summed E-state index contributed by atoms with van der Waals surface area (Å²) in [4.78, 5) is 22.5.